The highest BCUT2D eigenvalue weighted by atomic mass is 32.2. The molecule has 6 nitrogen and oxygen atoms in total. The van der Waals surface area contributed by atoms with Crippen molar-refractivity contribution in [1.29, 1.82) is 0 Å². The van der Waals surface area contributed by atoms with E-state index in [1.54, 1.807) is 0 Å². The minimum Gasteiger partial charge on any atom is -0.465 e. The third-order valence-corrected chi connectivity index (χ3v) is 6.34. The lowest BCUT2D eigenvalue weighted by Gasteiger charge is -2.10. The Balaban J connectivity index is 1.92. The molecule has 0 amide bonds. The largest absolute Gasteiger partial charge is 0.465 e. The van der Waals surface area contributed by atoms with Crippen LogP contribution < -0.4 is 4.72 Å². The fourth-order valence-electron chi connectivity index (χ4n) is 2.19. The van der Waals surface area contributed by atoms with Gasteiger partial charge in [0.1, 0.15) is 16.6 Å². The minimum atomic E-state index is -4.08. The molecule has 0 aliphatic rings. The molecular formula is C17H12F2N2O4S2. The quantitative estimate of drug-likeness (QED) is 0.649. The maximum Gasteiger partial charge on any atom is 0.340 e. The van der Waals surface area contributed by atoms with Gasteiger partial charge in [-0.25, -0.2) is 27.0 Å². The number of thiazole rings is 1. The fraction of sp³-hybridized carbons (Fsp3) is 0.0588. The van der Waals surface area contributed by atoms with Crippen LogP contribution in [0, 0.1) is 11.6 Å². The Kier molecular flexibility index (Phi) is 5.19. The molecule has 0 aliphatic carbocycles. The summed E-state index contributed by atoms with van der Waals surface area (Å²) in [6.07, 6.45) is 1.15. The number of aromatic nitrogens is 1. The molecule has 1 heterocycles. The minimum absolute atomic E-state index is 0.123. The number of anilines is 1. The molecule has 0 saturated carbocycles. The molecule has 0 radical (unpaired) electrons. The van der Waals surface area contributed by atoms with E-state index in [9.17, 15) is 22.0 Å². The summed E-state index contributed by atoms with van der Waals surface area (Å²) < 4.78 is 58.3. The van der Waals surface area contributed by atoms with E-state index in [0.29, 0.717) is 10.6 Å². The summed E-state index contributed by atoms with van der Waals surface area (Å²) >= 11 is 0.867. The summed E-state index contributed by atoms with van der Waals surface area (Å²) in [6, 6.07) is 8.46. The highest BCUT2D eigenvalue weighted by Gasteiger charge is 2.22. The van der Waals surface area contributed by atoms with Gasteiger partial charge in [0.05, 0.1) is 24.6 Å². The van der Waals surface area contributed by atoms with Crippen LogP contribution in [0.5, 0.6) is 0 Å². The summed E-state index contributed by atoms with van der Waals surface area (Å²) in [5, 5.41) is 0.377. The maximum absolute atomic E-state index is 13.4. The molecule has 3 rings (SSSR count). The molecule has 0 spiro atoms. The van der Waals surface area contributed by atoms with Crippen LogP contribution in [0.25, 0.3) is 10.6 Å². The van der Waals surface area contributed by atoms with Crippen molar-refractivity contribution in [3.8, 4) is 10.6 Å². The van der Waals surface area contributed by atoms with Gasteiger partial charge in [-0.3, -0.25) is 4.72 Å². The van der Waals surface area contributed by atoms with E-state index < -0.39 is 27.6 Å². The Bertz CT molecular complexity index is 1100. The zero-order valence-corrected chi connectivity index (χ0v) is 15.4. The predicted molar refractivity (Wildman–Crippen MR) is 96.1 cm³/mol. The van der Waals surface area contributed by atoms with Crippen LogP contribution in [0.15, 0.2) is 52.9 Å². The fourth-order valence-corrected chi connectivity index (χ4v) is 4.40. The average molecular weight is 410 g/mol. The predicted octanol–water partition coefficient (Wildman–Crippen LogP) is 3.68. The number of benzene rings is 2. The molecule has 3 aromatic rings. The standard InChI is InChI=1S/C17H12F2N2O4S2/c1-25-17(22)13-8-12(19)6-7-14(13)21-27(23,24)15-9-20-16(26-15)10-2-4-11(18)5-3-10/h2-9,21H,1H3. The number of carbonyl (C=O) groups is 1. The maximum atomic E-state index is 13.4. The van der Waals surface area contributed by atoms with E-state index in [0.717, 1.165) is 42.8 Å². The van der Waals surface area contributed by atoms with Crippen LogP contribution in [-0.4, -0.2) is 26.5 Å². The number of carbonyl (C=O) groups excluding carboxylic acids is 1. The zero-order valence-electron chi connectivity index (χ0n) is 13.8. The van der Waals surface area contributed by atoms with Crippen molar-refractivity contribution < 1.29 is 26.7 Å². The van der Waals surface area contributed by atoms with Gasteiger partial charge in [0.15, 0.2) is 4.21 Å². The Hall–Kier alpha value is -2.85. The molecule has 10 heteroatoms. The third-order valence-electron chi connectivity index (χ3n) is 3.47. The lowest BCUT2D eigenvalue weighted by atomic mass is 10.2. The Morgan fingerprint density at radius 2 is 1.78 bits per heavy atom. The highest BCUT2D eigenvalue weighted by molar-refractivity contribution is 7.94. The van der Waals surface area contributed by atoms with Crippen LogP contribution in [0.1, 0.15) is 10.4 Å². The summed E-state index contributed by atoms with van der Waals surface area (Å²) in [4.78, 5) is 15.8. The van der Waals surface area contributed by atoms with Gasteiger partial charge in [-0.15, -0.1) is 11.3 Å². The SMILES string of the molecule is COC(=O)c1cc(F)ccc1NS(=O)(=O)c1cnc(-c2ccc(F)cc2)s1. The van der Waals surface area contributed by atoms with Gasteiger partial charge < -0.3 is 4.74 Å². The zero-order chi connectivity index (χ0) is 19.6. The van der Waals surface area contributed by atoms with Crippen molar-refractivity contribution in [2.75, 3.05) is 11.8 Å². The van der Waals surface area contributed by atoms with E-state index in [1.165, 1.54) is 24.3 Å². The first-order valence-electron chi connectivity index (χ1n) is 7.42. The van der Waals surface area contributed by atoms with Gasteiger partial charge in [0.25, 0.3) is 10.0 Å². The van der Waals surface area contributed by atoms with E-state index in [4.69, 9.17) is 0 Å². The van der Waals surface area contributed by atoms with Crippen molar-refractivity contribution >= 4 is 33.0 Å². The van der Waals surface area contributed by atoms with E-state index in [1.807, 2.05) is 0 Å². The highest BCUT2D eigenvalue weighted by Crippen LogP contribution is 2.30. The smallest absolute Gasteiger partial charge is 0.340 e. The number of hydrogen-bond donors (Lipinski definition) is 1. The van der Waals surface area contributed by atoms with Gasteiger partial charge >= 0.3 is 5.97 Å². The Morgan fingerprint density at radius 3 is 2.44 bits per heavy atom. The number of esters is 1. The second-order valence-corrected chi connectivity index (χ2v) is 8.22. The topological polar surface area (TPSA) is 85.4 Å². The molecule has 0 aliphatic heterocycles. The number of nitrogens with zero attached hydrogens (tertiary/aromatic N) is 1. The summed E-state index contributed by atoms with van der Waals surface area (Å²) in [6.45, 7) is 0. The lowest BCUT2D eigenvalue weighted by molar-refractivity contribution is 0.0601. The van der Waals surface area contributed by atoms with E-state index >= 15 is 0 Å². The van der Waals surface area contributed by atoms with Gasteiger partial charge in [-0.05, 0) is 42.5 Å². The molecule has 0 saturated heterocycles. The molecule has 1 N–H and O–H groups in total. The van der Waals surface area contributed by atoms with Crippen LogP contribution >= 0.6 is 11.3 Å². The number of hydrogen-bond acceptors (Lipinski definition) is 6. The molecule has 0 fully saturated rings. The first-order valence-corrected chi connectivity index (χ1v) is 9.72. The van der Waals surface area contributed by atoms with Crippen molar-refractivity contribution in [1.82, 2.24) is 4.98 Å². The van der Waals surface area contributed by atoms with E-state index in [-0.39, 0.29) is 15.5 Å². The summed E-state index contributed by atoms with van der Waals surface area (Å²) in [5.41, 5.74) is 0.171. The molecule has 1 aromatic heterocycles. The van der Waals surface area contributed by atoms with Crippen molar-refractivity contribution in [2.24, 2.45) is 0 Å². The molecule has 2 aromatic carbocycles. The van der Waals surface area contributed by atoms with Crippen molar-refractivity contribution in [3.05, 3.63) is 65.9 Å². The summed E-state index contributed by atoms with van der Waals surface area (Å²) in [7, 11) is -2.98. The number of methoxy groups -OCH3 is 1. The Morgan fingerprint density at radius 1 is 1.11 bits per heavy atom. The summed E-state index contributed by atoms with van der Waals surface area (Å²) in [5.74, 6) is -2.02. The van der Waals surface area contributed by atoms with Gasteiger partial charge in [-0.2, -0.15) is 0 Å². The lowest BCUT2D eigenvalue weighted by Crippen LogP contribution is -2.15. The number of ether oxygens (including phenoxy) is 1. The van der Waals surface area contributed by atoms with Crippen LogP contribution in [0.4, 0.5) is 14.5 Å². The van der Waals surface area contributed by atoms with Crippen LogP contribution in [0.3, 0.4) is 0 Å². The van der Waals surface area contributed by atoms with Crippen LogP contribution in [0.2, 0.25) is 0 Å². The van der Waals surface area contributed by atoms with Crippen molar-refractivity contribution in [3.63, 3.8) is 0 Å². The Labute approximate surface area is 157 Å². The van der Waals surface area contributed by atoms with Crippen LogP contribution in [-0.2, 0) is 14.8 Å². The van der Waals surface area contributed by atoms with Crippen molar-refractivity contribution in [2.45, 2.75) is 4.21 Å². The monoisotopic (exact) mass is 410 g/mol. The average Bonchev–Trinajstić information content (AvgIpc) is 3.14. The molecule has 0 bridgehead atoms. The first kappa shape index (κ1) is 18.9. The normalized spacial score (nSPS) is 11.2. The van der Waals surface area contributed by atoms with Gasteiger partial charge in [0.2, 0.25) is 0 Å². The van der Waals surface area contributed by atoms with E-state index in [2.05, 4.69) is 14.4 Å². The number of sulfonamides is 1. The molecule has 27 heavy (non-hydrogen) atoms. The molecular weight excluding hydrogens is 398 g/mol. The molecule has 0 atom stereocenters. The number of halogens is 2. The number of rotatable bonds is 5. The number of nitrogens with one attached hydrogen (secondary N) is 1. The molecule has 0 unspecified atom stereocenters. The first-order chi connectivity index (χ1) is 12.8. The second kappa shape index (κ2) is 7.41. The third kappa shape index (κ3) is 4.12. The second-order valence-electron chi connectivity index (χ2n) is 5.28. The molecule has 140 valence electrons. The van der Waals surface area contributed by atoms with Gasteiger partial charge in [-0.1, -0.05) is 0 Å². The van der Waals surface area contributed by atoms with Gasteiger partial charge in [0, 0.05) is 5.56 Å².